The number of nitrogens with zero attached hydrogens (tertiary/aromatic N) is 2. The predicted molar refractivity (Wildman–Crippen MR) is 113 cm³/mol. The Morgan fingerprint density at radius 1 is 0.857 bits per heavy atom. The standard InChI is InChI=1S/C24H21N3O/c1-17-10-9-15-22(18(17)2)25-24(28)21-16-27(20-13-7-4-8-14-20)26-23(21)19-11-5-3-6-12-19/h3-16H,1-2H3,(H,25,28). The van der Waals surface area contributed by atoms with Gasteiger partial charge in [-0.1, -0.05) is 60.7 Å². The number of anilines is 1. The van der Waals surface area contributed by atoms with Crippen LogP contribution in [0.15, 0.2) is 85.1 Å². The van der Waals surface area contributed by atoms with Crippen LogP contribution in [0.3, 0.4) is 0 Å². The number of benzene rings is 3. The molecule has 4 aromatic rings. The van der Waals surface area contributed by atoms with Gasteiger partial charge in [0, 0.05) is 17.4 Å². The summed E-state index contributed by atoms with van der Waals surface area (Å²) in [7, 11) is 0. The van der Waals surface area contributed by atoms with Gasteiger partial charge < -0.3 is 5.32 Å². The molecule has 0 radical (unpaired) electrons. The first-order valence-corrected chi connectivity index (χ1v) is 9.21. The molecule has 0 aliphatic carbocycles. The van der Waals surface area contributed by atoms with E-state index in [1.54, 1.807) is 10.9 Å². The number of aryl methyl sites for hydroxylation is 1. The average Bonchev–Trinajstić information content (AvgIpc) is 3.18. The molecule has 4 nitrogen and oxygen atoms in total. The van der Waals surface area contributed by atoms with Gasteiger partial charge in [0.15, 0.2) is 0 Å². The number of hydrogen-bond acceptors (Lipinski definition) is 2. The van der Waals surface area contributed by atoms with E-state index in [1.807, 2.05) is 92.7 Å². The summed E-state index contributed by atoms with van der Waals surface area (Å²) in [4.78, 5) is 13.2. The molecule has 4 rings (SSSR count). The molecule has 0 fully saturated rings. The summed E-state index contributed by atoms with van der Waals surface area (Å²) < 4.78 is 1.75. The third-order valence-corrected chi connectivity index (χ3v) is 4.88. The molecular formula is C24H21N3O. The Hall–Kier alpha value is -3.66. The van der Waals surface area contributed by atoms with E-state index in [0.29, 0.717) is 11.3 Å². The monoisotopic (exact) mass is 367 g/mol. The largest absolute Gasteiger partial charge is 0.322 e. The van der Waals surface area contributed by atoms with Gasteiger partial charge in [-0.25, -0.2) is 4.68 Å². The number of amides is 1. The van der Waals surface area contributed by atoms with Gasteiger partial charge in [-0.3, -0.25) is 4.79 Å². The maximum absolute atomic E-state index is 13.2. The van der Waals surface area contributed by atoms with Gasteiger partial charge >= 0.3 is 0 Å². The second kappa shape index (κ2) is 7.53. The van der Waals surface area contributed by atoms with Crippen LogP contribution in [0.25, 0.3) is 16.9 Å². The number of aromatic nitrogens is 2. The molecule has 1 amide bonds. The first-order valence-electron chi connectivity index (χ1n) is 9.21. The molecule has 0 atom stereocenters. The number of carbonyl (C=O) groups is 1. The lowest BCUT2D eigenvalue weighted by molar-refractivity contribution is 0.102. The molecule has 1 heterocycles. The van der Waals surface area contributed by atoms with Crippen molar-refractivity contribution in [1.29, 1.82) is 0 Å². The van der Waals surface area contributed by atoms with Crippen LogP contribution in [0.5, 0.6) is 0 Å². The van der Waals surface area contributed by atoms with Crippen molar-refractivity contribution in [2.24, 2.45) is 0 Å². The van der Waals surface area contributed by atoms with E-state index in [9.17, 15) is 4.79 Å². The molecular weight excluding hydrogens is 346 g/mol. The lowest BCUT2D eigenvalue weighted by Gasteiger charge is -2.10. The zero-order chi connectivity index (χ0) is 19.5. The summed E-state index contributed by atoms with van der Waals surface area (Å²) in [5.41, 5.74) is 6.03. The van der Waals surface area contributed by atoms with Gasteiger partial charge in [0.25, 0.3) is 5.91 Å². The number of nitrogens with one attached hydrogen (secondary N) is 1. The number of rotatable bonds is 4. The third-order valence-electron chi connectivity index (χ3n) is 4.88. The van der Waals surface area contributed by atoms with Crippen molar-refractivity contribution in [3.63, 3.8) is 0 Å². The molecule has 0 aliphatic rings. The Bertz CT molecular complexity index is 1120. The highest BCUT2D eigenvalue weighted by Gasteiger charge is 2.19. The zero-order valence-electron chi connectivity index (χ0n) is 15.9. The van der Waals surface area contributed by atoms with Gasteiger partial charge in [0.05, 0.1) is 11.3 Å². The van der Waals surface area contributed by atoms with Crippen LogP contribution in [0.4, 0.5) is 5.69 Å². The van der Waals surface area contributed by atoms with Crippen LogP contribution in [0, 0.1) is 13.8 Å². The molecule has 1 N–H and O–H groups in total. The van der Waals surface area contributed by atoms with Gasteiger partial charge in [-0.05, 0) is 43.2 Å². The van der Waals surface area contributed by atoms with E-state index in [4.69, 9.17) is 5.10 Å². The van der Waals surface area contributed by atoms with E-state index in [0.717, 1.165) is 28.1 Å². The fourth-order valence-corrected chi connectivity index (χ4v) is 3.14. The van der Waals surface area contributed by atoms with Crippen LogP contribution in [0.2, 0.25) is 0 Å². The summed E-state index contributed by atoms with van der Waals surface area (Å²) in [6.45, 7) is 4.05. The zero-order valence-corrected chi connectivity index (χ0v) is 15.9. The third kappa shape index (κ3) is 3.45. The molecule has 0 aliphatic heterocycles. The fourth-order valence-electron chi connectivity index (χ4n) is 3.14. The first-order chi connectivity index (χ1) is 13.6. The summed E-state index contributed by atoms with van der Waals surface area (Å²) in [6, 6.07) is 25.5. The van der Waals surface area contributed by atoms with Crippen molar-refractivity contribution in [3.05, 3.63) is 102 Å². The van der Waals surface area contributed by atoms with E-state index in [1.165, 1.54) is 0 Å². The molecule has 1 aromatic heterocycles. The van der Waals surface area contributed by atoms with Crippen molar-refractivity contribution in [3.8, 4) is 16.9 Å². The maximum atomic E-state index is 13.2. The normalized spacial score (nSPS) is 10.6. The Morgan fingerprint density at radius 2 is 1.54 bits per heavy atom. The van der Waals surface area contributed by atoms with Crippen molar-refractivity contribution in [1.82, 2.24) is 9.78 Å². The Balaban J connectivity index is 1.77. The smallest absolute Gasteiger partial charge is 0.259 e. The Labute approximate surface area is 164 Å². The molecule has 0 unspecified atom stereocenters. The van der Waals surface area contributed by atoms with E-state index in [2.05, 4.69) is 5.32 Å². The molecule has 0 saturated carbocycles. The maximum Gasteiger partial charge on any atom is 0.259 e. The summed E-state index contributed by atoms with van der Waals surface area (Å²) in [6.07, 6.45) is 1.79. The van der Waals surface area contributed by atoms with Crippen molar-refractivity contribution < 1.29 is 4.79 Å². The topological polar surface area (TPSA) is 46.9 Å². The molecule has 0 saturated heterocycles. The highest BCUT2D eigenvalue weighted by molar-refractivity contribution is 6.08. The average molecular weight is 367 g/mol. The molecule has 28 heavy (non-hydrogen) atoms. The van der Waals surface area contributed by atoms with Crippen molar-refractivity contribution >= 4 is 11.6 Å². The van der Waals surface area contributed by atoms with Crippen LogP contribution < -0.4 is 5.32 Å². The fraction of sp³-hybridized carbons (Fsp3) is 0.0833. The molecule has 3 aromatic carbocycles. The summed E-state index contributed by atoms with van der Waals surface area (Å²) in [5, 5.41) is 7.76. The Morgan fingerprint density at radius 3 is 2.25 bits per heavy atom. The minimum absolute atomic E-state index is 0.172. The van der Waals surface area contributed by atoms with E-state index < -0.39 is 0 Å². The predicted octanol–water partition coefficient (Wildman–Crippen LogP) is 5.41. The molecule has 138 valence electrons. The number of para-hydroxylation sites is 1. The molecule has 0 bridgehead atoms. The van der Waals surface area contributed by atoms with Crippen molar-refractivity contribution in [2.75, 3.05) is 5.32 Å². The van der Waals surface area contributed by atoms with Gasteiger partial charge in [-0.15, -0.1) is 0 Å². The lowest BCUT2D eigenvalue weighted by atomic mass is 10.1. The van der Waals surface area contributed by atoms with E-state index >= 15 is 0 Å². The van der Waals surface area contributed by atoms with Gasteiger partial charge in [-0.2, -0.15) is 5.10 Å². The summed E-state index contributed by atoms with van der Waals surface area (Å²) in [5.74, 6) is -0.172. The second-order valence-corrected chi connectivity index (χ2v) is 6.74. The van der Waals surface area contributed by atoms with Crippen LogP contribution >= 0.6 is 0 Å². The summed E-state index contributed by atoms with van der Waals surface area (Å²) >= 11 is 0. The highest BCUT2D eigenvalue weighted by atomic mass is 16.1. The first kappa shape index (κ1) is 17.7. The van der Waals surface area contributed by atoms with Crippen LogP contribution in [-0.4, -0.2) is 15.7 Å². The lowest BCUT2D eigenvalue weighted by Crippen LogP contribution is -2.13. The van der Waals surface area contributed by atoms with Crippen LogP contribution in [0.1, 0.15) is 21.5 Å². The minimum atomic E-state index is -0.172. The number of hydrogen-bond donors (Lipinski definition) is 1. The minimum Gasteiger partial charge on any atom is -0.322 e. The van der Waals surface area contributed by atoms with E-state index in [-0.39, 0.29) is 5.91 Å². The second-order valence-electron chi connectivity index (χ2n) is 6.74. The van der Waals surface area contributed by atoms with Gasteiger partial charge in [0.2, 0.25) is 0 Å². The van der Waals surface area contributed by atoms with Crippen LogP contribution in [-0.2, 0) is 0 Å². The SMILES string of the molecule is Cc1cccc(NC(=O)c2cn(-c3ccccc3)nc2-c2ccccc2)c1C. The quantitative estimate of drug-likeness (QED) is 0.524. The van der Waals surface area contributed by atoms with Crippen molar-refractivity contribution in [2.45, 2.75) is 13.8 Å². The van der Waals surface area contributed by atoms with Gasteiger partial charge in [0.1, 0.15) is 5.69 Å². The molecule has 4 heteroatoms. The number of carbonyl (C=O) groups excluding carboxylic acids is 1. The molecule has 0 spiro atoms. The Kier molecular flexibility index (Phi) is 4.77. The highest BCUT2D eigenvalue weighted by Crippen LogP contribution is 2.26.